The van der Waals surface area contributed by atoms with Crippen molar-refractivity contribution in [2.24, 2.45) is 0 Å². The lowest BCUT2D eigenvalue weighted by atomic mass is 9.93. The van der Waals surface area contributed by atoms with Gasteiger partial charge in [0.1, 0.15) is 11.6 Å². The Balaban J connectivity index is 1.71. The molecule has 0 aliphatic carbocycles. The number of non-ortho nitro benzene ring substituents is 1. The maximum Gasteiger partial charge on any atom is 0.332 e. The fourth-order valence-electron chi connectivity index (χ4n) is 3.96. The molecule has 3 amide bonds. The molecule has 10 nitrogen and oxygen atoms in total. The fraction of sp³-hybridized carbons (Fsp3) is 0.250. The van der Waals surface area contributed by atoms with Crippen LogP contribution in [-0.4, -0.2) is 51.0 Å². The molecule has 154 valence electrons. The van der Waals surface area contributed by atoms with Gasteiger partial charge in [-0.3, -0.25) is 19.7 Å². The van der Waals surface area contributed by atoms with E-state index in [2.05, 4.69) is 5.32 Å². The molecule has 2 aliphatic rings. The Morgan fingerprint density at radius 3 is 2.40 bits per heavy atom. The summed E-state index contributed by atoms with van der Waals surface area (Å²) in [6.07, 6.45) is -0.0662. The molecular weight excluding hydrogens is 392 g/mol. The summed E-state index contributed by atoms with van der Waals surface area (Å²) in [4.78, 5) is 51.0. The number of anilines is 1. The van der Waals surface area contributed by atoms with Gasteiger partial charge < -0.3 is 15.3 Å². The fourth-order valence-corrected chi connectivity index (χ4v) is 3.96. The molecule has 0 aromatic heterocycles. The Labute approximate surface area is 170 Å². The lowest BCUT2D eigenvalue weighted by molar-refractivity contribution is -0.384. The van der Waals surface area contributed by atoms with E-state index in [0.717, 1.165) is 4.90 Å². The van der Waals surface area contributed by atoms with Gasteiger partial charge in [-0.25, -0.2) is 9.69 Å². The Morgan fingerprint density at radius 1 is 1.17 bits per heavy atom. The summed E-state index contributed by atoms with van der Waals surface area (Å²) in [6, 6.07) is 12.6. The van der Waals surface area contributed by atoms with Gasteiger partial charge in [-0.15, -0.1) is 0 Å². The molecule has 0 radical (unpaired) electrons. The van der Waals surface area contributed by atoms with Gasteiger partial charge in [-0.05, 0) is 17.7 Å². The number of aliphatic carboxylic acids is 1. The second kappa shape index (κ2) is 7.23. The number of imide groups is 1. The summed E-state index contributed by atoms with van der Waals surface area (Å²) >= 11 is 0. The molecule has 4 rings (SSSR count). The summed E-state index contributed by atoms with van der Waals surface area (Å²) in [7, 11) is 0. The number of carboxylic acid groups (broad SMARTS) is 1. The molecule has 0 saturated carbocycles. The van der Waals surface area contributed by atoms with E-state index >= 15 is 0 Å². The number of para-hydroxylation sites is 1. The van der Waals surface area contributed by atoms with Crippen molar-refractivity contribution in [3.8, 4) is 0 Å². The topological polar surface area (TPSA) is 133 Å². The number of hydrogen-bond acceptors (Lipinski definition) is 6. The number of amides is 3. The Hall–Kier alpha value is -3.79. The predicted molar refractivity (Wildman–Crippen MR) is 105 cm³/mol. The maximum absolute atomic E-state index is 13.4. The molecular formula is C20H18N4O6. The zero-order chi connectivity index (χ0) is 21.5. The number of nitrogens with zero attached hydrogens (tertiary/aromatic N) is 3. The molecule has 30 heavy (non-hydrogen) atoms. The van der Waals surface area contributed by atoms with Gasteiger partial charge in [0.15, 0.2) is 0 Å². The Kier molecular flexibility index (Phi) is 4.70. The third-order valence-electron chi connectivity index (χ3n) is 5.52. The van der Waals surface area contributed by atoms with E-state index in [9.17, 15) is 29.6 Å². The number of nitro benzene ring substituents is 1. The monoisotopic (exact) mass is 410 g/mol. The molecule has 2 heterocycles. The van der Waals surface area contributed by atoms with Crippen LogP contribution in [-0.2, 0) is 16.1 Å². The zero-order valence-electron chi connectivity index (χ0n) is 15.7. The Bertz CT molecular complexity index is 1030. The number of urea groups is 1. The van der Waals surface area contributed by atoms with Crippen LogP contribution in [0.25, 0.3) is 0 Å². The Morgan fingerprint density at radius 2 is 1.83 bits per heavy atom. The number of carboxylic acids is 1. The van der Waals surface area contributed by atoms with Crippen LogP contribution in [0.15, 0.2) is 54.6 Å². The van der Waals surface area contributed by atoms with Crippen LogP contribution in [0.3, 0.4) is 0 Å². The van der Waals surface area contributed by atoms with Gasteiger partial charge in [0.2, 0.25) is 0 Å². The number of nitrogens with one attached hydrogen (secondary N) is 1. The summed E-state index contributed by atoms with van der Waals surface area (Å²) < 4.78 is 0. The molecule has 2 aromatic rings. The first-order valence-electron chi connectivity index (χ1n) is 9.24. The highest BCUT2D eigenvalue weighted by molar-refractivity contribution is 6.23. The number of benzene rings is 2. The summed E-state index contributed by atoms with van der Waals surface area (Å²) in [6.45, 7) is 0.0186. The molecule has 2 N–H and O–H groups in total. The molecule has 1 spiro atoms. The van der Waals surface area contributed by atoms with E-state index in [-0.39, 0.29) is 25.2 Å². The minimum Gasteiger partial charge on any atom is -0.480 e. The smallest absolute Gasteiger partial charge is 0.332 e. The molecule has 2 aromatic carbocycles. The molecule has 0 bridgehead atoms. The van der Waals surface area contributed by atoms with Crippen LogP contribution in [0.1, 0.15) is 12.0 Å². The van der Waals surface area contributed by atoms with Crippen LogP contribution < -0.4 is 10.2 Å². The minimum absolute atomic E-state index is 0.00482. The molecule has 2 aliphatic heterocycles. The molecule has 2 fully saturated rings. The van der Waals surface area contributed by atoms with Gasteiger partial charge in [-0.1, -0.05) is 30.3 Å². The predicted octanol–water partition coefficient (Wildman–Crippen LogP) is 1.75. The van der Waals surface area contributed by atoms with Crippen LogP contribution in [0.2, 0.25) is 0 Å². The second-order valence-electron chi connectivity index (χ2n) is 7.28. The first-order valence-corrected chi connectivity index (χ1v) is 9.24. The van der Waals surface area contributed by atoms with Crippen molar-refractivity contribution >= 4 is 29.3 Å². The third kappa shape index (κ3) is 3.07. The number of hydrogen-bond donors (Lipinski definition) is 2. The van der Waals surface area contributed by atoms with E-state index in [1.807, 2.05) is 0 Å². The van der Waals surface area contributed by atoms with Crippen molar-refractivity contribution in [3.05, 3.63) is 70.3 Å². The quantitative estimate of drug-likeness (QED) is 0.436. The SMILES string of the molecule is O=C(O)[C@@H]1C[C@]2(CN1)C(=O)N(c1ccccc1)C(=O)N2Cc1ccc([N+](=O)[O-])cc1. The average molecular weight is 410 g/mol. The van der Waals surface area contributed by atoms with Gasteiger partial charge in [0.05, 0.1) is 10.6 Å². The van der Waals surface area contributed by atoms with E-state index in [0.29, 0.717) is 11.3 Å². The largest absolute Gasteiger partial charge is 0.480 e. The highest BCUT2D eigenvalue weighted by atomic mass is 16.6. The minimum atomic E-state index is -1.35. The number of rotatable bonds is 5. The highest BCUT2D eigenvalue weighted by Gasteiger charge is 2.61. The average Bonchev–Trinajstić information content (AvgIpc) is 3.26. The van der Waals surface area contributed by atoms with Crippen molar-refractivity contribution < 1.29 is 24.4 Å². The van der Waals surface area contributed by atoms with E-state index in [1.54, 1.807) is 30.3 Å². The standard InChI is InChI=1S/C20H18N4O6/c25-17(26)16-10-20(12-21-16)18(27)23(14-4-2-1-3-5-14)19(28)22(20)11-13-6-8-15(9-7-13)24(29)30/h1-9,16,21H,10-12H2,(H,25,26)/t16-,20-/m0/s1. The van der Waals surface area contributed by atoms with Crippen molar-refractivity contribution in [1.82, 2.24) is 10.2 Å². The lowest BCUT2D eigenvalue weighted by Gasteiger charge is -2.30. The van der Waals surface area contributed by atoms with Crippen molar-refractivity contribution in [3.63, 3.8) is 0 Å². The van der Waals surface area contributed by atoms with Crippen molar-refractivity contribution in [2.75, 3.05) is 11.4 Å². The number of carbonyl (C=O) groups excluding carboxylic acids is 2. The van der Waals surface area contributed by atoms with Crippen LogP contribution in [0.4, 0.5) is 16.2 Å². The van der Waals surface area contributed by atoms with Crippen molar-refractivity contribution in [1.29, 1.82) is 0 Å². The van der Waals surface area contributed by atoms with Crippen LogP contribution in [0.5, 0.6) is 0 Å². The summed E-state index contributed by atoms with van der Waals surface area (Å²) in [5.41, 5.74) is -0.444. The van der Waals surface area contributed by atoms with Gasteiger partial charge in [0.25, 0.3) is 11.6 Å². The molecule has 2 saturated heterocycles. The summed E-state index contributed by atoms with van der Waals surface area (Å²) in [5.74, 6) is -1.59. The summed E-state index contributed by atoms with van der Waals surface area (Å²) in [5, 5.41) is 23.1. The number of carbonyl (C=O) groups is 3. The maximum atomic E-state index is 13.4. The highest BCUT2D eigenvalue weighted by Crippen LogP contribution is 2.39. The van der Waals surface area contributed by atoms with Gasteiger partial charge >= 0.3 is 12.0 Å². The van der Waals surface area contributed by atoms with E-state index in [4.69, 9.17) is 0 Å². The number of nitro groups is 1. The first kappa shape index (κ1) is 19.5. The van der Waals surface area contributed by atoms with Gasteiger partial charge in [0, 0.05) is 31.6 Å². The third-order valence-corrected chi connectivity index (χ3v) is 5.52. The van der Waals surface area contributed by atoms with E-state index in [1.165, 1.54) is 29.2 Å². The molecule has 0 unspecified atom stereocenters. The zero-order valence-corrected chi connectivity index (χ0v) is 15.7. The van der Waals surface area contributed by atoms with E-state index < -0.39 is 34.4 Å². The van der Waals surface area contributed by atoms with Crippen LogP contribution in [0, 0.1) is 10.1 Å². The van der Waals surface area contributed by atoms with Crippen LogP contribution >= 0.6 is 0 Å². The first-order chi connectivity index (χ1) is 14.3. The molecule has 2 atom stereocenters. The van der Waals surface area contributed by atoms with Crippen molar-refractivity contribution in [2.45, 2.75) is 24.5 Å². The molecule has 10 heteroatoms. The van der Waals surface area contributed by atoms with Gasteiger partial charge in [-0.2, -0.15) is 0 Å². The normalized spacial score (nSPS) is 23.4. The second-order valence-corrected chi connectivity index (χ2v) is 7.28. The lowest BCUT2D eigenvalue weighted by Crippen LogP contribution is -2.51.